The van der Waals surface area contributed by atoms with Crippen molar-refractivity contribution in [2.75, 3.05) is 6.54 Å². The zero-order chi connectivity index (χ0) is 13.2. The van der Waals surface area contributed by atoms with Gasteiger partial charge in [-0.05, 0) is 37.5 Å². The molecular formula is C14H15N3O2. The Morgan fingerprint density at radius 2 is 2.21 bits per heavy atom. The monoisotopic (exact) mass is 257 g/mol. The topological polar surface area (TPSA) is 59.2 Å². The molecule has 0 saturated carbocycles. The van der Waals surface area contributed by atoms with Crippen LogP contribution >= 0.6 is 0 Å². The molecule has 1 fully saturated rings. The van der Waals surface area contributed by atoms with Crippen molar-refractivity contribution >= 4 is 5.91 Å². The summed E-state index contributed by atoms with van der Waals surface area (Å²) < 4.78 is 4.98. The third-order valence-electron chi connectivity index (χ3n) is 3.45. The Kier molecular flexibility index (Phi) is 3.03. The van der Waals surface area contributed by atoms with Gasteiger partial charge in [0.05, 0.1) is 6.04 Å². The van der Waals surface area contributed by atoms with Crippen LogP contribution < -0.4 is 0 Å². The summed E-state index contributed by atoms with van der Waals surface area (Å²) in [4.78, 5) is 18.3. The van der Waals surface area contributed by atoms with Crippen molar-refractivity contribution in [2.45, 2.75) is 25.8 Å². The fourth-order valence-electron chi connectivity index (χ4n) is 2.56. The summed E-state index contributed by atoms with van der Waals surface area (Å²) in [5.41, 5.74) is 1.51. The number of amides is 1. The summed E-state index contributed by atoms with van der Waals surface area (Å²) in [7, 11) is 0. The highest BCUT2D eigenvalue weighted by atomic mass is 16.5. The van der Waals surface area contributed by atoms with Gasteiger partial charge in [-0.15, -0.1) is 0 Å². The van der Waals surface area contributed by atoms with Crippen molar-refractivity contribution in [1.29, 1.82) is 0 Å². The summed E-state index contributed by atoms with van der Waals surface area (Å²) in [6, 6.07) is 5.73. The number of pyridine rings is 1. The van der Waals surface area contributed by atoms with Gasteiger partial charge in [-0.2, -0.15) is 0 Å². The quantitative estimate of drug-likeness (QED) is 0.828. The number of carbonyl (C=O) groups excluding carboxylic acids is 1. The van der Waals surface area contributed by atoms with Crippen LogP contribution in [0.3, 0.4) is 0 Å². The van der Waals surface area contributed by atoms with E-state index >= 15 is 0 Å². The van der Waals surface area contributed by atoms with Gasteiger partial charge in [-0.3, -0.25) is 9.78 Å². The first-order chi connectivity index (χ1) is 9.25. The van der Waals surface area contributed by atoms with E-state index in [2.05, 4.69) is 10.1 Å². The molecule has 0 spiro atoms. The number of rotatable bonds is 2. The molecule has 3 heterocycles. The molecule has 3 rings (SSSR count). The van der Waals surface area contributed by atoms with Gasteiger partial charge in [0.25, 0.3) is 5.91 Å². The minimum atomic E-state index is -0.0591. The van der Waals surface area contributed by atoms with Crippen LogP contribution in [0.5, 0.6) is 0 Å². The molecule has 98 valence electrons. The average molecular weight is 257 g/mol. The average Bonchev–Trinajstić information content (AvgIpc) is 3.07. The van der Waals surface area contributed by atoms with E-state index in [1.54, 1.807) is 25.4 Å². The van der Waals surface area contributed by atoms with E-state index < -0.39 is 0 Å². The molecular weight excluding hydrogens is 242 g/mol. The van der Waals surface area contributed by atoms with Crippen molar-refractivity contribution in [3.05, 3.63) is 47.6 Å². The van der Waals surface area contributed by atoms with Crippen LogP contribution in [0.4, 0.5) is 0 Å². The SMILES string of the molecule is Cc1cc(C(=O)N2CCC[C@@H]2c2ccncc2)no1. The highest BCUT2D eigenvalue weighted by Gasteiger charge is 2.31. The first kappa shape index (κ1) is 11.9. The van der Waals surface area contributed by atoms with Crippen molar-refractivity contribution < 1.29 is 9.32 Å². The second-order valence-electron chi connectivity index (χ2n) is 4.76. The number of likely N-dealkylation sites (tertiary alicyclic amines) is 1. The maximum absolute atomic E-state index is 12.4. The normalized spacial score (nSPS) is 18.8. The van der Waals surface area contributed by atoms with Gasteiger partial charge in [0.15, 0.2) is 5.69 Å². The minimum absolute atomic E-state index is 0.0591. The van der Waals surface area contributed by atoms with Crippen LogP contribution in [0.25, 0.3) is 0 Å². The molecule has 0 bridgehead atoms. The number of nitrogens with zero attached hydrogens (tertiary/aromatic N) is 3. The summed E-state index contributed by atoms with van der Waals surface area (Å²) in [5.74, 6) is 0.596. The van der Waals surface area contributed by atoms with Gasteiger partial charge in [0, 0.05) is 25.0 Å². The summed E-state index contributed by atoms with van der Waals surface area (Å²) >= 11 is 0. The third kappa shape index (κ3) is 2.23. The highest BCUT2D eigenvalue weighted by molar-refractivity contribution is 5.92. The van der Waals surface area contributed by atoms with E-state index in [0.717, 1.165) is 24.9 Å². The largest absolute Gasteiger partial charge is 0.361 e. The molecule has 1 saturated heterocycles. The highest BCUT2D eigenvalue weighted by Crippen LogP contribution is 2.32. The first-order valence-electron chi connectivity index (χ1n) is 6.40. The van der Waals surface area contributed by atoms with Gasteiger partial charge in [0.2, 0.25) is 0 Å². The Labute approximate surface area is 111 Å². The molecule has 0 N–H and O–H groups in total. The van der Waals surface area contributed by atoms with Crippen molar-refractivity contribution in [3.63, 3.8) is 0 Å². The lowest BCUT2D eigenvalue weighted by molar-refractivity contribution is 0.0725. The van der Waals surface area contributed by atoms with Crippen molar-refractivity contribution in [1.82, 2.24) is 15.0 Å². The summed E-state index contributed by atoms with van der Waals surface area (Å²) in [5, 5.41) is 3.81. The number of hydrogen-bond donors (Lipinski definition) is 0. The van der Waals surface area contributed by atoms with Gasteiger partial charge < -0.3 is 9.42 Å². The molecule has 5 heteroatoms. The number of carbonyl (C=O) groups is 1. The fourth-order valence-corrected chi connectivity index (χ4v) is 2.56. The predicted octanol–water partition coefficient (Wildman–Crippen LogP) is 2.36. The predicted molar refractivity (Wildman–Crippen MR) is 68.5 cm³/mol. The van der Waals surface area contributed by atoms with E-state index in [1.807, 2.05) is 17.0 Å². The minimum Gasteiger partial charge on any atom is -0.361 e. The molecule has 2 aromatic heterocycles. The van der Waals surface area contributed by atoms with Gasteiger partial charge >= 0.3 is 0 Å². The molecule has 1 aliphatic rings. The molecule has 0 aromatic carbocycles. The van der Waals surface area contributed by atoms with Crippen LogP contribution in [0.2, 0.25) is 0 Å². The van der Waals surface area contributed by atoms with E-state index in [4.69, 9.17) is 4.52 Å². The second-order valence-corrected chi connectivity index (χ2v) is 4.76. The Hall–Kier alpha value is -2.17. The lowest BCUT2D eigenvalue weighted by Crippen LogP contribution is -2.30. The van der Waals surface area contributed by atoms with Gasteiger partial charge in [-0.1, -0.05) is 5.16 Å². The Morgan fingerprint density at radius 1 is 1.42 bits per heavy atom. The van der Waals surface area contributed by atoms with Crippen LogP contribution in [-0.2, 0) is 0 Å². The van der Waals surface area contributed by atoms with Gasteiger partial charge in [-0.25, -0.2) is 0 Å². The van der Waals surface area contributed by atoms with Crippen molar-refractivity contribution in [3.8, 4) is 0 Å². The molecule has 1 amide bonds. The van der Waals surface area contributed by atoms with E-state index in [9.17, 15) is 4.79 Å². The Balaban J connectivity index is 1.86. The van der Waals surface area contributed by atoms with Crippen LogP contribution in [0, 0.1) is 6.92 Å². The maximum Gasteiger partial charge on any atom is 0.276 e. The van der Waals surface area contributed by atoms with Gasteiger partial charge in [0.1, 0.15) is 5.76 Å². The Morgan fingerprint density at radius 3 is 2.89 bits per heavy atom. The van der Waals surface area contributed by atoms with Crippen molar-refractivity contribution in [2.24, 2.45) is 0 Å². The van der Waals surface area contributed by atoms with E-state index in [1.165, 1.54) is 0 Å². The lowest BCUT2D eigenvalue weighted by atomic mass is 10.1. The number of hydrogen-bond acceptors (Lipinski definition) is 4. The smallest absolute Gasteiger partial charge is 0.276 e. The number of aromatic nitrogens is 2. The van der Waals surface area contributed by atoms with Crippen LogP contribution in [-0.4, -0.2) is 27.5 Å². The molecule has 0 radical (unpaired) electrons. The zero-order valence-corrected chi connectivity index (χ0v) is 10.7. The lowest BCUT2D eigenvalue weighted by Gasteiger charge is -2.23. The zero-order valence-electron chi connectivity index (χ0n) is 10.7. The third-order valence-corrected chi connectivity index (χ3v) is 3.45. The van der Waals surface area contributed by atoms with E-state index in [-0.39, 0.29) is 11.9 Å². The maximum atomic E-state index is 12.4. The molecule has 5 nitrogen and oxygen atoms in total. The molecule has 1 aliphatic heterocycles. The molecule has 0 aliphatic carbocycles. The van der Waals surface area contributed by atoms with Crippen LogP contribution in [0.1, 0.15) is 40.7 Å². The molecule has 19 heavy (non-hydrogen) atoms. The Bertz CT molecular complexity index is 579. The molecule has 2 aromatic rings. The standard InChI is InChI=1S/C14H15N3O2/c1-10-9-12(16-19-10)14(18)17-8-2-3-13(17)11-4-6-15-7-5-11/h4-7,9,13H,2-3,8H2,1H3/t13-/m1/s1. The molecule has 0 unspecified atom stereocenters. The number of aryl methyl sites for hydroxylation is 1. The van der Waals surface area contributed by atoms with Crippen LogP contribution in [0.15, 0.2) is 35.1 Å². The van der Waals surface area contributed by atoms with E-state index in [0.29, 0.717) is 11.5 Å². The first-order valence-corrected chi connectivity index (χ1v) is 6.40. The summed E-state index contributed by atoms with van der Waals surface area (Å²) in [6.07, 6.45) is 5.51. The fraction of sp³-hybridized carbons (Fsp3) is 0.357. The second kappa shape index (κ2) is 4.84. The summed E-state index contributed by atoms with van der Waals surface area (Å²) in [6.45, 7) is 2.55. The molecule has 1 atom stereocenters.